The predicted molar refractivity (Wildman–Crippen MR) is 68.3 cm³/mol. The summed E-state index contributed by atoms with van der Waals surface area (Å²) >= 11 is 5.70. The van der Waals surface area contributed by atoms with Crippen LogP contribution < -0.4 is 5.32 Å². The van der Waals surface area contributed by atoms with Crippen LogP contribution in [0.5, 0.6) is 0 Å². The van der Waals surface area contributed by atoms with Crippen molar-refractivity contribution in [3.05, 3.63) is 28.8 Å². The lowest BCUT2D eigenvalue weighted by Crippen LogP contribution is -2.30. The Balaban J connectivity index is 1.97. The summed E-state index contributed by atoms with van der Waals surface area (Å²) in [6, 6.07) is 0.996. The Hall–Kier alpha value is -1.21. The van der Waals surface area contributed by atoms with E-state index in [4.69, 9.17) is 11.6 Å². The summed E-state index contributed by atoms with van der Waals surface area (Å²) in [7, 11) is -2.97. The van der Waals surface area contributed by atoms with Crippen molar-refractivity contribution in [2.45, 2.75) is 6.42 Å². The van der Waals surface area contributed by atoms with Crippen LogP contribution in [0.15, 0.2) is 12.3 Å². The highest BCUT2D eigenvalue weighted by molar-refractivity contribution is 7.91. The zero-order chi connectivity index (χ0) is 14.0. The van der Waals surface area contributed by atoms with Crippen molar-refractivity contribution in [3.8, 4) is 0 Å². The number of amides is 1. The van der Waals surface area contributed by atoms with Crippen LogP contribution in [0.2, 0.25) is 5.15 Å². The summed E-state index contributed by atoms with van der Waals surface area (Å²) in [6.45, 7) is 0.227. The van der Waals surface area contributed by atoms with Gasteiger partial charge in [0.05, 0.1) is 23.3 Å². The number of pyridine rings is 1. The fourth-order valence-corrected chi connectivity index (χ4v) is 4.00. The van der Waals surface area contributed by atoms with E-state index < -0.39 is 21.6 Å². The number of nitrogens with one attached hydrogen (secondary N) is 1. The summed E-state index contributed by atoms with van der Waals surface area (Å²) in [4.78, 5) is 15.3. The first-order chi connectivity index (χ1) is 8.87. The monoisotopic (exact) mass is 306 g/mol. The number of halogens is 2. The predicted octanol–water partition coefficient (Wildman–Crippen LogP) is 1.04. The Labute approximate surface area is 115 Å². The first-order valence-electron chi connectivity index (χ1n) is 5.67. The maximum Gasteiger partial charge on any atom is 0.254 e. The molecule has 0 spiro atoms. The van der Waals surface area contributed by atoms with E-state index in [9.17, 15) is 17.6 Å². The highest BCUT2D eigenvalue weighted by Crippen LogP contribution is 2.18. The molecule has 0 bridgehead atoms. The van der Waals surface area contributed by atoms with E-state index in [1.807, 2.05) is 0 Å². The van der Waals surface area contributed by atoms with Crippen LogP contribution in [0.25, 0.3) is 0 Å². The molecule has 0 aromatic carbocycles. The van der Waals surface area contributed by atoms with E-state index in [1.165, 1.54) is 0 Å². The number of hydrogen-bond donors (Lipinski definition) is 1. The molecule has 2 heterocycles. The van der Waals surface area contributed by atoms with Crippen molar-refractivity contribution >= 4 is 27.3 Å². The third-order valence-corrected chi connectivity index (χ3v) is 5.07. The van der Waals surface area contributed by atoms with Gasteiger partial charge >= 0.3 is 0 Å². The summed E-state index contributed by atoms with van der Waals surface area (Å²) in [5.41, 5.74) is -0.0532. The molecular weight excluding hydrogens is 295 g/mol. The van der Waals surface area contributed by atoms with Gasteiger partial charge in [0, 0.05) is 6.54 Å². The van der Waals surface area contributed by atoms with Gasteiger partial charge in [-0.15, -0.1) is 0 Å². The summed E-state index contributed by atoms with van der Waals surface area (Å²) < 4.78 is 35.5. The van der Waals surface area contributed by atoms with Crippen LogP contribution in [0.4, 0.5) is 4.39 Å². The minimum absolute atomic E-state index is 0.0532. The Morgan fingerprint density at radius 2 is 2.32 bits per heavy atom. The molecule has 1 atom stereocenters. The molecule has 2 rings (SSSR count). The van der Waals surface area contributed by atoms with Crippen LogP contribution in [-0.4, -0.2) is 37.4 Å². The quantitative estimate of drug-likeness (QED) is 0.847. The van der Waals surface area contributed by atoms with E-state index in [-0.39, 0.29) is 34.7 Å². The molecule has 104 valence electrons. The second kappa shape index (κ2) is 5.42. The number of nitrogens with zero attached hydrogens (tertiary/aromatic N) is 1. The fourth-order valence-electron chi connectivity index (χ4n) is 1.95. The van der Waals surface area contributed by atoms with Gasteiger partial charge in [0.25, 0.3) is 5.91 Å². The maximum absolute atomic E-state index is 13.0. The number of carbonyl (C=O) groups excluding carboxylic acids is 1. The second-order valence-electron chi connectivity index (χ2n) is 4.47. The SMILES string of the molecule is O=C(NCC1CCS(=O)(=O)C1)c1cc(F)cnc1Cl. The molecule has 5 nitrogen and oxygen atoms in total. The number of hydrogen-bond acceptors (Lipinski definition) is 4. The molecule has 1 aliphatic heterocycles. The minimum atomic E-state index is -2.97. The van der Waals surface area contributed by atoms with E-state index in [0.29, 0.717) is 6.42 Å². The first-order valence-corrected chi connectivity index (χ1v) is 7.87. The van der Waals surface area contributed by atoms with Gasteiger partial charge in [-0.25, -0.2) is 17.8 Å². The molecule has 0 saturated carbocycles. The maximum atomic E-state index is 13.0. The van der Waals surface area contributed by atoms with Crippen molar-refractivity contribution < 1.29 is 17.6 Å². The molecule has 0 aliphatic carbocycles. The number of sulfone groups is 1. The molecule has 1 saturated heterocycles. The zero-order valence-corrected chi connectivity index (χ0v) is 11.5. The summed E-state index contributed by atoms with van der Waals surface area (Å²) in [5, 5.41) is 2.47. The molecular formula is C11H12ClFN2O3S. The smallest absolute Gasteiger partial charge is 0.254 e. The molecule has 1 amide bonds. The van der Waals surface area contributed by atoms with E-state index in [1.54, 1.807) is 0 Å². The van der Waals surface area contributed by atoms with Crippen LogP contribution in [-0.2, 0) is 9.84 Å². The lowest BCUT2D eigenvalue weighted by Gasteiger charge is -2.10. The molecule has 1 fully saturated rings. The van der Waals surface area contributed by atoms with Gasteiger partial charge in [-0.05, 0) is 18.4 Å². The van der Waals surface area contributed by atoms with E-state index in [0.717, 1.165) is 12.3 Å². The average molecular weight is 307 g/mol. The highest BCUT2D eigenvalue weighted by Gasteiger charge is 2.28. The first kappa shape index (κ1) is 14.2. The number of carbonyl (C=O) groups is 1. The van der Waals surface area contributed by atoms with Crippen LogP contribution in [0.3, 0.4) is 0 Å². The van der Waals surface area contributed by atoms with Gasteiger partial charge in [-0.1, -0.05) is 11.6 Å². The van der Waals surface area contributed by atoms with Gasteiger partial charge in [-0.2, -0.15) is 0 Å². The van der Waals surface area contributed by atoms with Crippen LogP contribution in [0.1, 0.15) is 16.8 Å². The lowest BCUT2D eigenvalue weighted by molar-refractivity contribution is 0.0947. The molecule has 1 aliphatic rings. The van der Waals surface area contributed by atoms with Crippen molar-refractivity contribution in [3.63, 3.8) is 0 Å². The minimum Gasteiger partial charge on any atom is -0.352 e. The third kappa shape index (κ3) is 3.63. The molecule has 1 aromatic heterocycles. The lowest BCUT2D eigenvalue weighted by atomic mass is 10.1. The van der Waals surface area contributed by atoms with Gasteiger partial charge in [0.2, 0.25) is 0 Å². The van der Waals surface area contributed by atoms with Gasteiger partial charge in [-0.3, -0.25) is 4.79 Å². The molecule has 19 heavy (non-hydrogen) atoms. The van der Waals surface area contributed by atoms with Gasteiger partial charge < -0.3 is 5.32 Å². The molecule has 1 aromatic rings. The van der Waals surface area contributed by atoms with Crippen molar-refractivity contribution in [1.29, 1.82) is 0 Å². The van der Waals surface area contributed by atoms with Crippen LogP contribution in [0, 0.1) is 11.7 Å². The topological polar surface area (TPSA) is 76.1 Å². The Kier molecular flexibility index (Phi) is 4.05. The number of aromatic nitrogens is 1. The Morgan fingerprint density at radius 1 is 1.58 bits per heavy atom. The Bertz CT molecular complexity index is 606. The fraction of sp³-hybridized carbons (Fsp3) is 0.455. The summed E-state index contributed by atoms with van der Waals surface area (Å²) in [6.07, 6.45) is 1.44. The standard InChI is InChI=1S/C11H12ClFN2O3S/c12-10-9(3-8(13)5-14-10)11(16)15-4-7-1-2-19(17,18)6-7/h3,5,7H,1-2,4,6H2,(H,15,16). The Morgan fingerprint density at radius 3 is 2.95 bits per heavy atom. The summed E-state index contributed by atoms with van der Waals surface area (Å²) in [5.74, 6) is -1.09. The highest BCUT2D eigenvalue weighted by atomic mass is 35.5. The van der Waals surface area contributed by atoms with E-state index >= 15 is 0 Å². The van der Waals surface area contributed by atoms with Crippen LogP contribution >= 0.6 is 11.6 Å². The average Bonchev–Trinajstić information content (AvgIpc) is 2.69. The second-order valence-corrected chi connectivity index (χ2v) is 7.06. The third-order valence-electron chi connectivity index (χ3n) is 2.93. The van der Waals surface area contributed by atoms with Crippen molar-refractivity contribution in [1.82, 2.24) is 10.3 Å². The molecule has 1 unspecified atom stereocenters. The van der Waals surface area contributed by atoms with Crippen molar-refractivity contribution in [2.75, 3.05) is 18.1 Å². The largest absolute Gasteiger partial charge is 0.352 e. The van der Waals surface area contributed by atoms with Gasteiger partial charge in [0.1, 0.15) is 11.0 Å². The molecule has 8 heteroatoms. The van der Waals surface area contributed by atoms with E-state index in [2.05, 4.69) is 10.3 Å². The zero-order valence-electron chi connectivity index (χ0n) is 9.90. The van der Waals surface area contributed by atoms with Gasteiger partial charge in [0.15, 0.2) is 9.84 Å². The number of rotatable bonds is 3. The molecule has 1 N–H and O–H groups in total. The normalized spacial score (nSPS) is 21.3. The molecule has 0 radical (unpaired) electrons. The van der Waals surface area contributed by atoms with Crippen molar-refractivity contribution in [2.24, 2.45) is 5.92 Å².